The molecule has 0 spiro atoms. The molecule has 0 radical (unpaired) electrons. The monoisotopic (exact) mass is 426 g/mol. The number of nitrogens with one attached hydrogen (secondary N) is 1. The van der Waals surface area contributed by atoms with E-state index in [1.807, 2.05) is 36.4 Å². The Morgan fingerprint density at radius 3 is 2.57 bits per heavy atom. The van der Waals surface area contributed by atoms with Crippen molar-refractivity contribution < 1.29 is 13.2 Å². The van der Waals surface area contributed by atoms with Crippen LogP contribution in [0.25, 0.3) is 21.9 Å². The molecule has 1 aliphatic rings. The van der Waals surface area contributed by atoms with Crippen molar-refractivity contribution in [2.75, 3.05) is 10.5 Å². The van der Waals surface area contributed by atoms with Crippen LogP contribution in [0.15, 0.2) is 47.4 Å². The molecule has 1 N–H and O–H groups in total. The van der Waals surface area contributed by atoms with Gasteiger partial charge in [0.15, 0.2) is 0 Å². The van der Waals surface area contributed by atoms with Crippen molar-refractivity contribution in [3.63, 3.8) is 0 Å². The highest BCUT2D eigenvalue weighted by atomic mass is 32.2. The molecular formula is C23H26N2O4S. The highest BCUT2D eigenvalue weighted by Gasteiger charge is 2.25. The molecule has 0 amide bonds. The summed E-state index contributed by atoms with van der Waals surface area (Å²) in [7, 11) is -1.69. The van der Waals surface area contributed by atoms with Crippen molar-refractivity contribution >= 4 is 26.5 Å². The maximum absolute atomic E-state index is 12.6. The average Bonchev–Trinajstić information content (AvgIpc) is 2.75. The van der Waals surface area contributed by atoms with Crippen LogP contribution in [-0.2, 0) is 23.5 Å². The quantitative estimate of drug-likeness (QED) is 0.667. The number of rotatable bonds is 5. The molecule has 7 heteroatoms. The predicted molar refractivity (Wildman–Crippen MR) is 121 cm³/mol. The van der Waals surface area contributed by atoms with Crippen molar-refractivity contribution in [3.8, 4) is 16.9 Å². The normalized spacial score (nSPS) is 16.2. The summed E-state index contributed by atoms with van der Waals surface area (Å²) < 4.78 is 35.0. The Morgan fingerprint density at radius 2 is 1.87 bits per heavy atom. The van der Waals surface area contributed by atoms with E-state index in [1.54, 1.807) is 24.7 Å². The molecular weight excluding hydrogens is 400 g/mol. The number of nitrogens with zero attached hydrogens (tertiary/aromatic N) is 1. The fourth-order valence-corrected chi connectivity index (χ4v) is 4.61. The van der Waals surface area contributed by atoms with Crippen LogP contribution in [0, 0.1) is 0 Å². The first-order chi connectivity index (χ1) is 14.3. The molecule has 1 aliphatic heterocycles. The van der Waals surface area contributed by atoms with E-state index in [9.17, 15) is 13.2 Å². The lowest BCUT2D eigenvalue weighted by atomic mass is 9.93. The minimum atomic E-state index is -3.42. The molecule has 2 aromatic carbocycles. The van der Waals surface area contributed by atoms with Gasteiger partial charge in [-0.25, -0.2) is 8.42 Å². The van der Waals surface area contributed by atoms with Gasteiger partial charge in [0.1, 0.15) is 5.75 Å². The van der Waals surface area contributed by atoms with Gasteiger partial charge in [0.2, 0.25) is 10.0 Å². The third-order valence-corrected chi connectivity index (χ3v) is 6.98. The Labute approximate surface area is 176 Å². The molecule has 6 nitrogen and oxygen atoms in total. The van der Waals surface area contributed by atoms with Gasteiger partial charge in [0.05, 0.1) is 11.9 Å². The van der Waals surface area contributed by atoms with Gasteiger partial charge in [-0.3, -0.25) is 9.52 Å². The van der Waals surface area contributed by atoms with Crippen molar-refractivity contribution in [3.05, 3.63) is 58.5 Å². The van der Waals surface area contributed by atoms with Crippen LogP contribution in [0.3, 0.4) is 0 Å². The number of hydrogen-bond acceptors (Lipinski definition) is 4. The molecule has 0 saturated carbocycles. The van der Waals surface area contributed by atoms with Crippen LogP contribution in [0.5, 0.6) is 5.75 Å². The zero-order valence-corrected chi connectivity index (χ0v) is 18.3. The van der Waals surface area contributed by atoms with Crippen LogP contribution in [0.2, 0.25) is 0 Å². The molecule has 0 fully saturated rings. The lowest BCUT2D eigenvalue weighted by Gasteiger charge is -2.28. The van der Waals surface area contributed by atoms with Crippen LogP contribution in [-0.4, -0.2) is 24.8 Å². The summed E-state index contributed by atoms with van der Waals surface area (Å²) in [6.07, 6.45) is 4.52. The van der Waals surface area contributed by atoms with Gasteiger partial charge >= 0.3 is 0 Å². The zero-order valence-electron chi connectivity index (χ0n) is 17.4. The molecule has 4 rings (SSSR count). The summed E-state index contributed by atoms with van der Waals surface area (Å²) in [5.74, 6) is 0.771. The molecule has 30 heavy (non-hydrogen) atoms. The summed E-state index contributed by atoms with van der Waals surface area (Å²) in [6.45, 7) is 3.71. The van der Waals surface area contributed by atoms with E-state index in [0.29, 0.717) is 11.1 Å². The molecule has 0 bridgehead atoms. The smallest absolute Gasteiger partial charge is 0.258 e. The fraction of sp³-hybridized carbons (Fsp3) is 0.348. The van der Waals surface area contributed by atoms with Crippen molar-refractivity contribution in [1.29, 1.82) is 0 Å². The molecule has 1 aromatic heterocycles. The third kappa shape index (κ3) is 3.69. The topological polar surface area (TPSA) is 77.4 Å². The van der Waals surface area contributed by atoms with Crippen LogP contribution >= 0.6 is 0 Å². The standard InChI is InChI=1S/C23H26N2O4S/c1-4-17-11-10-15-12-16(24-30(27,28)5-2)13-20(22(15)29-17)21-14-25(3)23(26)19-9-7-6-8-18(19)21/h6-9,12-14,17,24H,4-5,10-11H2,1-3H3. The highest BCUT2D eigenvalue weighted by molar-refractivity contribution is 7.92. The second-order valence-corrected chi connectivity index (χ2v) is 9.72. The van der Waals surface area contributed by atoms with E-state index in [1.165, 1.54) is 0 Å². The van der Waals surface area contributed by atoms with E-state index < -0.39 is 10.0 Å². The number of fused-ring (bicyclic) bond motifs is 2. The first-order valence-corrected chi connectivity index (χ1v) is 11.9. The van der Waals surface area contributed by atoms with Gasteiger partial charge in [-0.2, -0.15) is 0 Å². The average molecular weight is 427 g/mol. The van der Waals surface area contributed by atoms with E-state index in [4.69, 9.17) is 4.74 Å². The first kappa shape index (κ1) is 20.5. The number of benzene rings is 2. The van der Waals surface area contributed by atoms with Crippen LogP contribution in [0.4, 0.5) is 5.69 Å². The predicted octanol–water partition coefficient (Wildman–Crippen LogP) is 4.07. The molecule has 158 valence electrons. The number of sulfonamides is 1. The van der Waals surface area contributed by atoms with Crippen molar-refractivity contribution in [1.82, 2.24) is 4.57 Å². The number of ether oxygens (including phenoxy) is 1. The highest BCUT2D eigenvalue weighted by Crippen LogP contribution is 2.42. The number of anilines is 1. The first-order valence-electron chi connectivity index (χ1n) is 10.3. The molecule has 0 saturated heterocycles. The molecule has 2 heterocycles. The number of pyridine rings is 1. The maximum Gasteiger partial charge on any atom is 0.258 e. The summed E-state index contributed by atoms with van der Waals surface area (Å²) in [4.78, 5) is 12.6. The SMILES string of the molecule is CCC1CCc2cc(NS(=O)(=O)CC)cc(-c3cn(C)c(=O)c4ccccc34)c2O1. The van der Waals surface area contributed by atoms with E-state index in [-0.39, 0.29) is 17.4 Å². The third-order valence-electron chi connectivity index (χ3n) is 5.68. The van der Waals surface area contributed by atoms with E-state index in [2.05, 4.69) is 11.6 Å². The van der Waals surface area contributed by atoms with Gasteiger partial charge in [0, 0.05) is 35.4 Å². The summed E-state index contributed by atoms with van der Waals surface area (Å²) >= 11 is 0. The van der Waals surface area contributed by atoms with Crippen molar-refractivity contribution in [2.24, 2.45) is 7.05 Å². The maximum atomic E-state index is 12.6. The van der Waals surface area contributed by atoms with Gasteiger partial charge in [-0.1, -0.05) is 25.1 Å². The Morgan fingerprint density at radius 1 is 1.13 bits per heavy atom. The summed E-state index contributed by atoms with van der Waals surface area (Å²) in [5.41, 5.74) is 3.06. The van der Waals surface area contributed by atoms with Gasteiger partial charge in [-0.15, -0.1) is 0 Å². The Bertz CT molecular complexity index is 1280. The van der Waals surface area contributed by atoms with Crippen LogP contribution < -0.4 is 15.0 Å². The largest absolute Gasteiger partial charge is 0.489 e. The van der Waals surface area contributed by atoms with Gasteiger partial charge in [-0.05, 0) is 55.3 Å². The lowest BCUT2D eigenvalue weighted by Crippen LogP contribution is -2.23. The van der Waals surface area contributed by atoms with Crippen LogP contribution in [0.1, 0.15) is 32.3 Å². The second-order valence-electron chi connectivity index (χ2n) is 7.71. The summed E-state index contributed by atoms with van der Waals surface area (Å²) in [6, 6.07) is 11.2. The van der Waals surface area contributed by atoms with Gasteiger partial charge < -0.3 is 9.30 Å². The van der Waals surface area contributed by atoms with E-state index in [0.717, 1.165) is 47.1 Å². The van der Waals surface area contributed by atoms with Gasteiger partial charge in [0.25, 0.3) is 5.56 Å². The molecule has 1 unspecified atom stereocenters. The second kappa shape index (κ2) is 7.80. The van der Waals surface area contributed by atoms with E-state index >= 15 is 0 Å². The number of aromatic nitrogens is 1. The Kier molecular flexibility index (Phi) is 5.32. The van der Waals surface area contributed by atoms with Crippen molar-refractivity contribution in [2.45, 2.75) is 39.2 Å². The molecule has 3 aromatic rings. The molecule has 0 aliphatic carbocycles. The number of aryl methyl sites for hydroxylation is 2. The Hall–Kier alpha value is -2.80. The number of hydrogen-bond donors (Lipinski definition) is 1. The lowest BCUT2D eigenvalue weighted by molar-refractivity contribution is 0.170. The Balaban J connectivity index is 2.00. The zero-order chi connectivity index (χ0) is 21.5. The minimum absolute atomic E-state index is 0.00338. The fourth-order valence-electron chi connectivity index (χ4n) is 3.98. The minimum Gasteiger partial charge on any atom is -0.489 e. The summed E-state index contributed by atoms with van der Waals surface area (Å²) in [5, 5.41) is 1.44. The molecule has 1 atom stereocenters.